The molecule has 1 atom stereocenters. The van der Waals surface area contributed by atoms with Gasteiger partial charge < -0.3 is 16.2 Å². The van der Waals surface area contributed by atoms with Crippen molar-refractivity contribution in [2.45, 2.75) is 19.4 Å². The van der Waals surface area contributed by atoms with Gasteiger partial charge in [-0.1, -0.05) is 0 Å². The van der Waals surface area contributed by atoms with Crippen molar-refractivity contribution in [3.05, 3.63) is 12.5 Å². The number of hydrogen-bond donors (Lipinski definition) is 3. The van der Waals surface area contributed by atoms with Crippen LogP contribution in [-0.4, -0.2) is 27.7 Å². The molecule has 0 spiro atoms. The Labute approximate surface area is 77.0 Å². The van der Waals surface area contributed by atoms with Gasteiger partial charge in [-0.3, -0.25) is 0 Å². The first kappa shape index (κ1) is 9.73. The summed E-state index contributed by atoms with van der Waals surface area (Å²) in [6.07, 6.45) is 3.33. The minimum atomic E-state index is -0.310. The Kier molecular flexibility index (Phi) is 3.45. The van der Waals surface area contributed by atoms with Crippen molar-refractivity contribution in [3.8, 4) is 0 Å². The first-order valence-electron chi connectivity index (χ1n) is 4.17. The van der Waals surface area contributed by atoms with Crippen LogP contribution in [0.4, 0.5) is 11.5 Å². The summed E-state index contributed by atoms with van der Waals surface area (Å²) >= 11 is 0. The highest BCUT2D eigenvalue weighted by atomic mass is 16.3. The largest absolute Gasteiger partial charge is 0.394 e. The molecule has 1 heterocycles. The third-order valence-electron chi connectivity index (χ3n) is 1.60. The summed E-state index contributed by atoms with van der Waals surface area (Å²) in [5.41, 5.74) is 6.11. The van der Waals surface area contributed by atoms with E-state index in [-0.39, 0.29) is 6.10 Å². The van der Waals surface area contributed by atoms with Crippen LogP contribution in [0.1, 0.15) is 13.3 Å². The van der Waals surface area contributed by atoms with Crippen LogP contribution in [-0.2, 0) is 0 Å². The molecule has 72 valence electrons. The Morgan fingerprint density at radius 1 is 1.69 bits per heavy atom. The normalized spacial score (nSPS) is 12.5. The molecule has 1 aromatic rings. The predicted octanol–water partition coefficient (Wildman–Crippen LogP) is 0.242. The summed E-state index contributed by atoms with van der Waals surface area (Å²) in [5.74, 6) is 0.621. The Morgan fingerprint density at radius 2 is 2.46 bits per heavy atom. The number of hydrogen-bond acceptors (Lipinski definition) is 5. The molecule has 0 bridgehead atoms. The Balaban J connectivity index is 2.41. The van der Waals surface area contributed by atoms with Gasteiger partial charge in [0.05, 0.1) is 18.0 Å². The smallest absolute Gasteiger partial charge is 0.152 e. The first-order valence-corrected chi connectivity index (χ1v) is 4.17. The molecule has 0 fully saturated rings. The van der Waals surface area contributed by atoms with E-state index in [4.69, 9.17) is 10.8 Å². The van der Waals surface area contributed by atoms with E-state index < -0.39 is 0 Å². The van der Waals surface area contributed by atoms with Crippen molar-refractivity contribution >= 4 is 11.5 Å². The summed E-state index contributed by atoms with van der Waals surface area (Å²) in [6.45, 7) is 2.39. The van der Waals surface area contributed by atoms with Crippen molar-refractivity contribution in [1.29, 1.82) is 0 Å². The Morgan fingerprint density at radius 3 is 3.08 bits per heavy atom. The first-order chi connectivity index (χ1) is 6.20. The third kappa shape index (κ3) is 3.25. The quantitative estimate of drug-likeness (QED) is 0.621. The summed E-state index contributed by atoms with van der Waals surface area (Å²) in [4.78, 5) is 7.71. The van der Waals surface area contributed by atoms with E-state index in [1.807, 2.05) is 0 Å². The molecule has 1 aromatic heterocycles. The van der Waals surface area contributed by atoms with Gasteiger partial charge in [0.2, 0.25) is 0 Å². The maximum absolute atomic E-state index is 9.00. The van der Waals surface area contributed by atoms with Gasteiger partial charge in [0.15, 0.2) is 5.82 Å². The molecule has 0 saturated carbocycles. The van der Waals surface area contributed by atoms with Gasteiger partial charge in [-0.15, -0.1) is 0 Å². The average Bonchev–Trinajstić information content (AvgIpc) is 2.08. The zero-order valence-electron chi connectivity index (χ0n) is 7.57. The molecular weight excluding hydrogens is 168 g/mol. The van der Waals surface area contributed by atoms with Crippen molar-refractivity contribution in [2.24, 2.45) is 0 Å². The van der Waals surface area contributed by atoms with Crippen molar-refractivity contribution in [2.75, 3.05) is 17.6 Å². The molecule has 0 aromatic carbocycles. The summed E-state index contributed by atoms with van der Waals surface area (Å²) < 4.78 is 0. The maximum Gasteiger partial charge on any atom is 0.152 e. The minimum Gasteiger partial charge on any atom is -0.394 e. The molecule has 5 nitrogen and oxygen atoms in total. The lowest BCUT2D eigenvalue weighted by Crippen LogP contribution is -2.11. The Bertz CT molecular complexity index is 264. The van der Waals surface area contributed by atoms with Gasteiger partial charge in [-0.2, -0.15) is 0 Å². The van der Waals surface area contributed by atoms with E-state index in [1.54, 1.807) is 6.92 Å². The fourth-order valence-corrected chi connectivity index (χ4v) is 0.888. The lowest BCUT2D eigenvalue weighted by molar-refractivity contribution is 0.188. The summed E-state index contributed by atoms with van der Waals surface area (Å²) in [6, 6.07) is 0. The number of nitrogens with zero attached hydrogens (tertiary/aromatic N) is 2. The van der Waals surface area contributed by atoms with Crippen molar-refractivity contribution < 1.29 is 5.11 Å². The van der Waals surface area contributed by atoms with Gasteiger partial charge >= 0.3 is 0 Å². The summed E-state index contributed by atoms with van der Waals surface area (Å²) in [5, 5.41) is 12.0. The van der Waals surface area contributed by atoms with E-state index in [9.17, 15) is 0 Å². The van der Waals surface area contributed by atoms with Crippen LogP contribution in [0.5, 0.6) is 0 Å². The van der Waals surface area contributed by atoms with Gasteiger partial charge in [0.1, 0.15) is 6.33 Å². The second kappa shape index (κ2) is 4.61. The average molecular weight is 182 g/mol. The Hall–Kier alpha value is -1.36. The van der Waals surface area contributed by atoms with E-state index in [0.29, 0.717) is 24.5 Å². The molecule has 0 amide bonds. The lowest BCUT2D eigenvalue weighted by Gasteiger charge is -2.08. The van der Waals surface area contributed by atoms with Gasteiger partial charge in [-0.25, -0.2) is 9.97 Å². The van der Waals surface area contributed by atoms with Gasteiger partial charge in [0, 0.05) is 6.54 Å². The monoisotopic (exact) mass is 182 g/mol. The molecule has 0 aliphatic heterocycles. The number of aliphatic hydroxyl groups excluding tert-OH is 1. The molecule has 0 radical (unpaired) electrons. The van der Waals surface area contributed by atoms with E-state index >= 15 is 0 Å². The van der Waals surface area contributed by atoms with Crippen molar-refractivity contribution in [1.82, 2.24) is 9.97 Å². The van der Waals surface area contributed by atoms with E-state index in [1.165, 1.54) is 12.5 Å². The lowest BCUT2D eigenvalue weighted by atomic mass is 10.3. The number of rotatable bonds is 4. The number of aliphatic hydroxyl groups is 1. The second-order valence-corrected chi connectivity index (χ2v) is 2.89. The molecule has 1 rings (SSSR count). The van der Waals surface area contributed by atoms with Crippen LogP contribution < -0.4 is 11.1 Å². The molecule has 0 aliphatic rings. The predicted molar refractivity (Wildman–Crippen MR) is 51.2 cm³/mol. The maximum atomic E-state index is 9.00. The highest BCUT2D eigenvalue weighted by molar-refractivity contribution is 5.58. The molecule has 4 N–H and O–H groups in total. The van der Waals surface area contributed by atoms with Crippen LogP contribution in [0.15, 0.2) is 12.5 Å². The van der Waals surface area contributed by atoms with Crippen LogP contribution in [0, 0.1) is 0 Å². The number of anilines is 2. The van der Waals surface area contributed by atoms with E-state index in [0.717, 1.165) is 0 Å². The highest BCUT2D eigenvalue weighted by Gasteiger charge is 1.99. The van der Waals surface area contributed by atoms with Crippen LogP contribution in [0.2, 0.25) is 0 Å². The number of nitrogen functional groups attached to an aromatic ring is 1. The zero-order chi connectivity index (χ0) is 9.68. The molecule has 5 heteroatoms. The van der Waals surface area contributed by atoms with Crippen LogP contribution in [0.25, 0.3) is 0 Å². The minimum absolute atomic E-state index is 0.310. The number of nitrogens with one attached hydrogen (secondary N) is 1. The molecule has 13 heavy (non-hydrogen) atoms. The zero-order valence-corrected chi connectivity index (χ0v) is 7.57. The molecule has 1 unspecified atom stereocenters. The highest BCUT2D eigenvalue weighted by Crippen LogP contribution is 2.10. The molecule has 0 aliphatic carbocycles. The fourth-order valence-electron chi connectivity index (χ4n) is 0.888. The van der Waals surface area contributed by atoms with E-state index in [2.05, 4.69) is 15.3 Å². The van der Waals surface area contributed by atoms with Crippen LogP contribution in [0.3, 0.4) is 0 Å². The fraction of sp³-hybridized carbons (Fsp3) is 0.500. The SMILES string of the molecule is CC(O)CCNc1ncncc1N. The van der Waals surface area contributed by atoms with Crippen LogP contribution >= 0.6 is 0 Å². The molecule has 0 saturated heterocycles. The number of aromatic nitrogens is 2. The van der Waals surface area contributed by atoms with Crippen molar-refractivity contribution in [3.63, 3.8) is 0 Å². The standard InChI is InChI=1S/C8H14N4O/c1-6(13)2-3-11-8-7(9)4-10-5-12-8/h4-6,13H,2-3,9H2,1H3,(H,10,11,12). The second-order valence-electron chi connectivity index (χ2n) is 2.89. The molecular formula is C8H14N4O. The summed E-state index contributed by atoms with van der Waals surface area (Å²) in [7, 11) is 0. The van der Waals surface area contributed by atoms with Gasteiger partial charge in [-0.05, 0) is 13.3 Å². The number of nitrogens with two attached hydrogens (primary N) is 1. The topological polar surface area (TPSA) is 84.1 Å². The third-order valence-corrected chi connectivity index (χ3v) is 1.60. The van der Waals surface area contributed by atoms with Gasteiger partial charge in [0.25, 0.3) is 0 Å².